The Kier molecular flexibility index (Phi) is 4.77. The Hall–Kier alpha value is -2.29. The monoisotopic (exact) mass is 269 g/mol. The lowest BCUT2D eigenvalue weighted by Gasteiger charge is -2.11. The predicted octanol–water partition coefficient (Wildman–Crippen LogP) is 3.43. The van der Waals surface area contributed by atoms with Crippen molar-refractivity contribution in [2.24, 2.45) is 0 Å². The molecule has 2 rings (SSSR count). The van der Waals surface area contributed by atoms with Crippen molar-refractivity contribution in [2.75, 3.05) is 12.3 Å². The first-order valence-corrected chi connectivity index (χ1v) is 6.80. The third kappa shape index (κ3) is 3.38. The molecule has 3 heteroatoms. The minimum Gasteiger partial charge on any atom is -0.466 e. The molecule has 0 amide bonds. The zero-order valence-corrected chi connectivity index (χ0v) is 11.6. The van der Waals surface area contributed by atoms with Gasteiger partial charge in [0.25, 0.3) is 0 Å². The van der Waals surface area contributed by atoms with Crippen LogP contribution in [0.15, 0.2) is 48.5 Å². The molecule has 2 aromatic rings. The number of hydrogen-bond acceptors (Lipinski definition) is 3. The van der Waals surface area contributed by atoms with Crippen molar-refractivity contribution in [3.8, 4) is 11.1 Å². The second kappa shape index (κ2) is 6.75. The summed E-state index contributed by atoms with van der Waals surface area (Å²) in [6.45, 7) is 2.22. The number of aryl methyl sites for hydroxylation is 1. The summed E-state index contributed by atoms with van der Waals surface area (Å²) in [5, 5.41) is 0. The van der Waals surface area contributed by atoms with Crippen LogP contribution in [0.3, 0.4) is 0 Å². The first-order valence-electron chi connectivity index (χ1n) is 6.80. The van der Waals surface area contributed by atoms with Crippen molar-refractivity contribution in [1.82, 2.24) is 0 Å². The van der Waals surface area contributed by atoms with Gasteiger partial charge in [-0.2, -0.15) is 0 Å². The first-order chi connectivity index (χ1) is 9.72. The fourth-order valence-corrected chi connectivity index (χ4v) is 2.17. The lowest BCUT2D eigenvalue weighted by molar-refractivity contribution is -0.143. The van der Waals surface area contributed by atoms with E-state index in [1.165, 1.54) is 0 Å². The van der Waals surface area contributed by atoms with Crippen LogP contribution in [0.25, 0.3) is 11.1 Å². The standard InChI is InChI=1S/C17H19NO2/c1-2-20-16(19)12-11-14-9-6-10-15(17(14)18)13-7-4-3-5-8-13/h3-10H,2,11-12,18H2,1H3. The minimum absolute atomic E-state index is 0.183. The van der Waals surface area contributed by atoms with Crippen LogP contribution in [0, 0.1) is 0 Å². The molecule has 0 heterocycles. The number of esters is 1. The summed E-state index contributed by atoms with van der Waals surface area (Å²) in [5.41, 5.74) is 10.0. The molecule has 20 heavy (non-hydrogen) atoms. The van der Waals surface area contributed by atoms with E-state index in [2.05, 4.69) is 0 Å². The number of ether oxygens (including phenoxy) is 1. The maximum absolute atomic E-state index is 11.4. The first kappa shape index (κ1) is 14.1. The smallest absolute Gasteiger partial charge is 0.306 e. The van der Waals surface area contributed by atoms with Gasteiger partial charge in [0.15, 0.2) is 0 Å². The molecule has 3 nitrogen and oxygen atoms in total. The molecule has 0 atom stereocenters. The zero-order chi connectivity index (χ0) is 14.4. The van der Waals surface area contributed by atoms with Gasteiger partial charge in [0.1, 0.15) is 0 Å². The SMILES string of the molecule is CCOC(=O)CCc1cccc(-c2ccccc2)c1N. The predicted molar refractivity (Wildman–Crippen MR) is 81.2 cm³/mol. The van der Waals surface area contributed by atoms with Crippen LogP contribution >= 0.6 is 0 Å². The number of nitrogens with two attached hydrogens (primary N) is 1. The van der Waals surface area contributed by atoms with Gasteiger partial charge in [-0.05, 0) is 24.5 Å². The fourth-order valence-electron chi connectivity index (χ4n) is 2.17. The second-order valence-electron chi connectivity index (χ2n) is 4.55. The van der Waals surface area contributed by atoms with Gasteiger partial charge in [-0.15, -0.1) is 0 Å². The highest BCUT2D eigenvalue weighted by Crippen LogP contribution is 2.29. The molecule has 0 spiro atoms. The number of hydrogen-bond donors (Lipinski definition) is 1. The maximum atomic E-state index is 11.4. The molecule has 0 fully saturated rings. The Morgan fingerprint density at radius 3 is 2.55 bits per heavy atom. The van der Waals surface area contributed by atoms with Crippen molar-refractivity contribution in [3.05, 3.63) is 54.1 Å². The van der Waals surface area contributed by atoms with Crippen LogP contribution < -0.4 is 5.73 Å². The molecule has 0 aliphatic rings. The number of nitrogen functional groups attached to an aromatic ring is 1. The van der Waals surface area contributed by atoms with E-state index in [4.69, 9.17) is 10.5 Å². The molecule has 0 saturated carbocycles. The van der Waals surface area contributed by atoms with Gasteiger partial charge in [-0.25, -0.2) is 0 Å². The summed E-state index contributed by atoms with van der Waals surface area (Å²) in [6, 6.07) is 15.9. The van der Waals surface area contributed by atoms with Crippen LogP contribution in [0.2, 0.25) is 0 Å². The normalized spacial score (nSPS) is 10.2. The van der Waals surface area contributed by atoms with Gasteiger partial charge in [0.05, 0.1) is 6.61 Å². The summed E-state index contributed by atoms with van der Waals surface area (Å²) >= 11 is 0. The van der Waals surface area contributed by atoms with Crippen LogP contribution in [0.1, 0.15) is 18.9 Å². The fraction of sp³-hybridized carbons (Fsp3) is 0.235. The number of para-hydroxylation sites is 1. The highest BCUT2D eigenvalue weighted by Gasteiger charge is 2.09. The summed E-state index contributed by atoms with van der Waals surface area (Å²) in [5.74, 6) is -0.183. The Morgan fingerprint density at radius 2 is 1.85 bits per heavy atom. The molecule has 0 radical (unpaired) electrons. The van der Waals surface area contributed by atoms with E-state index in [9.17, 15) is 4.79 Å². The topological polar surface area (TPSA) is 52.3 Å². The van der Waals surface area contributed by atoms with Crippen LogP contribution in [0.4, 0.5) is 5.69 Å². The molecule has 2 N–H and O–H groups in total. The summed E-state index contributed by atoms with van der Waals surface area (Å²) in [7, 11) is 0. The van der Waals surface area contributed by atoms with E-state index in [1.54, 1.807) is 0 Å². The summed E-state index contributed by atoms with van der Waals surface area (Å²) < 4.78 is 4.94. The molecular weight excluding hydrogens is 250 g/mol. The minimum atomic E-state index is -0.183. The van der Waals surface area contributed by atoms with Crippen LogP contribution in [-0.4, -0.2) is 12.6 Å². The molecule has 0 unspecified atom stereocenters. The molecule has 0 aromatic heterocycles. The summed E-state index contributed by atoms with van der Waals surface area (Å²) in [4.78, 5) is 11.4. The second-order valence-corrected chi connectivity index (χ2v) is 4.55. The Labute approximate surface area is 119 Å². The van der Waals surface area contributed by atoms with E-state index < -0.39 is 0 Å². The number of carbonyl (C=O) groups excluding carboxylic acids is 1. The molecule has 2 aromatic carbocycles. The van der Waals surface area contributed by atoms with Crippen LogP contribution in [-0.2, 0) is 16.0 Å². The van der Waals surface area contributed by atoms with Gasteiger partial charge in [0, 0.05) is 17.7 Å². The quantitative estimate of drug-likeness (QED) is 0.668. The van der Waals surface area contributed by atoms with E-state index in [1.807, 2.05) is 55.5 Å². The number of rotatable bonds is 5. The highest BCUT2D eigenvalue weighted by molar-refractivity contribution is 5.79. The van der Waals surface area contributed by atoms with Crippen molar-refractivity contribution in [3.63, 3.8) is 0 Å². The Bertz CT molecular complexity index is 579. The van der Waals surface area contributed by atoms with Gasteiger partial charge >= 0.3 is 5.97 Å². The number of carbonyl (C=O) groups is 1. The lowest BCUT2D eigenvalue weighted by Crippen LogP contribution is -2.06. The van der Waals surface area contributed by atoms with Crippen molar-refractivity contribution in [1.29, 1.82) is 0 Å². The van der Waals surface area contributed by atoms with Crippen molar-refractivity contribution >= 4 is 11.7 Å². The third-order valence-electron chi connectivity index (χ3n) is 3.19. The molecule has 0 saturated heterocycles. The van der Waals surface area contributed by atoms with Gasteiger partial charge in [0.2, 0.25) is 0 Å². The Morgan fingerprint density at radius 1 is 1.10 bits per heavy atom. The van der Waals surface area contributed by atoms with E-state index in [0.29, 0.717) is 19.4 Å². The van der Waals surface area contributed by atoms with Crippen molar-refractivity contribution in [2.45, 2.75) is 19.8 Å². The average Bonchev–Trinajstić information content (AvgIpc) is 2.47. The third-order valence-corrected chi connectivity index (χ3v) is 3.19. The van der Waals surface area contributed by atoms with Gasteiger partial charge in [-0.1, -0.05) is 48.5 Å². The molecular formula is C17H19NO2. The van der Waals surface area contributed by atoms with Gasteiger partial charge < -0.3 is 10.5 Å². The molecule has 0 bridgehead atoms. The lowest BCUT2D eigenvalue weighted by atomic mass is 9.98. The van der Waals surface area contributed by atoms with Gasteiger partial charge in [-0.3, -0.25) is 4.79 Å². The highest BCUT2D eigenvalue weighted by atomic mass is 16.5. The maximum Gasteiger partial charge on any atom is 0.306 e. The van der Waals surface area contributed by atoms with Crippen molar-refractivity contribution < 1.29 is 9.53 Å². The van der Waals surface area contributed by atoms with E-state index >= 15 is 0 Å². The Balaban J connectivity index is 2.18. The van der Waals surface area contributed by atoms with E-state index in [0.717, 1.165) is 22.4 Å². The largest absolute Gasteiger partial charge is 0.466 e. The zero-order valence-electron chi connectivity index (χ0n) is 11.6. The summed E-state index contributed by atoms with van der Waals surface area (Å²) in [6.07, 6.45) is 0.960. The molecule has 104 valence electrons. The van der Waals surface area contributed by atoms with E-state index in [-0.39, 0.29) is 5.97 Å². The average molecular weight is 269 g/mol. The number of anilines is 1. The van der Waals surface area contributed by atoms with Crippen LogP contribution in [0.5, 0.6) is 0 Å². The molecule has 0 aliphatic carbocycles. The molecule has 0 aliphatic heterocycles. The number of benzene rings is 2.